The van der Waals surface area contributed by atoms with Gasteiger partial charge in [0.15, 0.2) is 0 Å². The lowest BCUT2D eigenvalue weighted by atomic mass is 9.55. The number of carboxylic acids is 2. The number of carboxylic acid groups (broad SMARTS) is 2. The molecular weight excluding hydrogens is 564 g/mol. The molecule has 0 spiro atoms. The molecule has 10 nitrogen and oxygen atoms in total. The standard InChI is InChI=1S/C34H46N2O8/c1-3-19-35(21-11-13-23-43-25-15-7-5-8-16-25)31(37)27-29(33(39)40)28(30(27)34(41)42)32(38)36(20-4-2)22-12-14-24-44-26-17-9-6-10-18-26/h5-10,15-18,27-30H,3-4,11-14,19-24H2,1-2H3,(H,39,40)(H,41,42). The Balaban J connectivity index is 1.62. The second-order valence-electron chi connectivity index (χ2n) is 11.2. The molecule has 1 aliphatic rings. The number of carbonyl (C=O) groups excluding carboxylic acids is 2. The SMILES string of the molecule is CCCN(CCCCOc1ccccc1)C(=O)C1C(C(=O)O)C(C(=O)N(CCC)CCCCOc2ccccc2)C1C(=O)O. The number of amides is 2. The molecule has 0 saturated heterocycles. The zero-order chi connectivity index (χ0) is 31.9. The van der Waals surface area contributed by atoms with Gasteiger partial charge in [-0.05, 0) is 62.8 Å². The van der Waals surface area contributed by atoms with Crippen molar-refractivity contribution in [2.45, 2.75) is 52.4 Å². The third kappa shape index (κ3) is 9.46. The fraction of sp³-hybridized carbons (Fsp3) is 0.529. The molecule has 44 heavy (non-hydrogen) atoms. The van der Waals surface area contributed by atoms with Crippen molar-refractivity contribution < 1.29 is 38.9 Å². The van der Waals surface area contributed by atoms with Gasteiger partial charge in [0.25, 0.3) is 0 Å². The number of aliphatic carboxylic acids is 2. The third-order valence-corrected chi connectivity index (χ3v) is 7.97. The number of ether oxygens (including phenoxy) is 2. The van der Waals surface area contributed by atoms with Crippen molar-refractivity contribution in [3.05, 3.63) is 60.7 Å². The van der Waals surface area contributed by atoms with E-state index in [1.54, 1.807) is 9.80 Å². The number of unbranched alkanes of at least 4 members (excludes halogenated alkanes) is 2. The van der Waals surface area contributed by atoms with E-state index in [2.05, 4.69) is 0 Å². The molecule has 2 N–H and O–H groups in total. The predicted molar refractivity (Wildman–Crippen MR) is 165 cm³/mol. The first-order valence-electron chi connectivity index (χ1n) is 15.7. The molecule has 3 rings (SSSR count). The molecule has 0 bridgehead atoms. The number of benzene rings is 2. The molecule has 0 unspecified atom stereocenters. The Labute approximate surface area is 259 Å². The summed E-state index contributed by atoms with van der Waals surface area (Å²) in [6.07, 6.45) is 3.83. The first-order valence-corrected chi connectivity index (χ1v) is 15.7. The fourth-order valence-electron chi connectivity index (χ4n) is 5.83. The number of hydrogen-bond donors (Lipinski definition) is 2. The van der Waals surface area contributed by atoms with Crippen LogP contribution >= 0.6 is 0 Å². The highest BCUT2D eigenvalue weighted by Gasteiger charge is 2.64. The second-order valence-corrected chi connectivity index (χ2v) is 11.2. The summed E-state index contributed by atoms with van der Waals surface area (Å²) in [5, 5.41) is 20.3. The van der Waals surface area contributed by atoms with E-state index in [1.165, 1.54) is 0 Å². The number of hydrogen-bond acceptors (Lipinski definition) is 6. The van der Waals surface area contributed by atoms with E-state index < -0.39 is 47.4 Å². The van der Waals surface area contributed by atoms with Crippen LogP contribution in [-0.4, -0.2) is 83.2 Å². The maximum atomic E-state index is 13.7. The Morgan fingerprint density at radius 3 is 1.25 bits per heavy atom. The average Bonchev–Trinajstić information content (AvgIpc) is 2.99. The Bertz CT molecular complexity index is 1090. The largest absolute Gasteiger partial charge is 0.494 e. The van der Waals surface area contributed by atoms with Gasteiger partial charge in [-0.25, -0.2) is 0 Å². The van der Waals surface area contributed by atoms with Crippen LogP contribution < -0.4 is 9.47 Å². The zero-order valence-electron chi connectivity index (χ0n) is 25.8. The van der Waals surface area contributed by atoms with E-state index in [0.717, 1.165) is 11.5 Å². The Morgan fingerprint density at radius 2 is 0.932 bits per heavy atom. The van der Waals surface area contributed by atoms with Crippen LogP contribution in [0.2, 0.25) is 0 Å². The minimum atomic E-state index is -1.39. The monoisotopic (exact) mass is 610 g/mol. The normalized spacial score (nSPS) is 19.0. The number of nitrogens with zero attached hydrogens (tertiary/aromatic N) is 2. The van der Waals surface area contributed by atoms with Gasteiger partial charge < -0.3 is 29.5 Å². The van der Waals surface area contributed by atoms with Crippen LogP contribution in [0.4, 0.5) is 0 Å². The maximum absolute atomic E-state index is 13.7. The van der Waals surface area contributed by atoms with Crippen LogP contribution in [0.5, 0.6) is 11.5 Å². The van der Waals surface area contributed by atoms with Gasteiger partial charge in [-0.2, -0.15) is 0 Å². The van der Waals surface area contributed by atoms with Gasteiger partial charge in [0.05, 0.1) is 36.9 Å². The van der Waals surface area contributed by atoms with Crippen molar-refractivity contribution in [2.24, 2.45) is 23.7 Å². The van der Waals surface area contributed by atoms with Crippen molar-refractivity contribution in [1.29, 1.82) is 0 Å². The summed E-state index contributed by atoms with van der Waals surface area (Å²) in [6, 6.07) is 18.8. The third-order valence-electron chi connectivity index (χ3n) is 7.97. The molecule has 2 aromatic carbocycles. The summed E-state index contributed by atoms with van der Waals surface area (Å²) >= 11 is 0. The molecule has 2 aromatic rings. The highest BCUT2D eigenvalue weighted by molar-refractivity contribution is 5.99. The highest BCUT2D eigenvalue weighted by atomic mass is 16.5. The first kappa shape index (κ1) is 34.4. The van der Waals surface area contributed by atoms with Crippen LogP contribution in [0, 0.1) is 23.7 Å². The van der Waals surface area contributed by atoms with Gasteiger partial charge in [0.1, 0.15) is 11.5 Å². The quantitative estimate of drug-likeness (QED) is 0.204. The Kier molecular flexibility index (Phi) is 14.0. The van der Waals surface area contributed by atoms with Crippen molar-refractivity contribution in [2.75, 3.05) is 39.4 Å². The molecule has 2 amide bonds. The van der Waals surface area contributed by atoms with Gasteiger partial charge in [-0.1, -0.05) is 50.2 Å². The van der Waals surface area contributed by atoms with Crippen LogP contribution in [0.1, 0.15) is 52.4 Å². The molecule has 1 fully saturated rings. The van der Waals surface area contributed by atoms with Gasteiger partial charge >= 0.3 is 11.9 Å². The zero-order valence-corrected chi connectivity index (χ0v) is 25.8. The fourth-order valence-corrected chi connectivity index (χ4v) is 5.83. The molecule has 240 valence electrons. The summed E-state index contributed by atoms with van der Waals surface area (Å²) < 4.78 is 11.4. The molecule has 1 aliphatic carbocycles. The Morgan fingerprint density at radius 1 is 0.568 bits per heavy atom. The molecule has 10 heteroatoms. The smallest absolute Gasteiger partial charge is 0.308 e. The lowest BCUT2D eigenvalue weighted by Crippen LogP contribution is -2.64. The van der Waals surface area contributed by atoms with E-state index >= 15 is 0 Å². The van der Waals surface area contributed by atoms with Crippen LogP contribution in [0.15, 0.2) is 60.7 Å². The summed E-state index contributed by atoms with van der Waals surface area (Å²) in [5.41, 5.74) is 0. The van der Waals surface area contributed by atoms with Gasteiger partial charge in [-0.15, -0.1) is 0 Å². The highest BCUT2D eigenvalue weighted by Crippen LogP contribution is 2.48. The van der Waals surface area contributed by atoms with Crippen molar-refractivity contribution >= 4 is 23.8 Å². The molecule has 0 heterocycles. The molecule has 0 aromatic heterocycles. The summed E-state index contributed by atoms with van der Waals surface area (Å²) in [4.78, 5) is 55.4. The number of carbonyl (C=O) groups is 4. The maximum Gasteiger partial charge on any atom is 0.308 e. The first-order chi connectivity index (χ1) is 21.3. The van der Waals surface area contributed by atoms with Crippen LogP contribution in [-0.2, 0) is 19.2 Å². The van der Waals surface area contributed by atoms with E-state index in [0.29, 0.717) is 77.9 Å². The minimum Gasteiger partial charge on any atom is -0.494 e. The van der Waals surface area contributed by atoms with Gasteiger partial charge in [-0.3, -0.25) is 19.2 Å². The van der Waals surface area contributed by atoms with Gasteiger partial charge in [0.2, 0.25) is 11.8 Å². The topological polar surface area (TPSA) is 134 Å². The summed E-state index contributed by atoms with van der Waals surface area (Å²) in [7, 11) is 0. The Hall–Kier alpha value is -4.08. The number of rotatable bonds is 20. The van der Waals surface area contributed by atoms with Gasteiger partial charge in [0, 0.05) is 26.2 Å². The van der Waals surface area contributed by atoms with E-state index in [1.807, 2.05) is 74.5 Å². The van der Waals surface area contributed by atoms with E-state index in [-0.39, 0.29) is 0 Å². The molecule has 0 aliphatic heterocycles. The second kappa shape index (κ2) is 17.9. The van der Waals surface area contributed by atoms with Crippen molar-refractivity contribution in [1.82, 2.24) is 9.80 Å². The average molecular weight is 611 g/mol. The van der Waals surface area contributed by atoms with Crippen molar-refractivity contribution in [3.8, 4) is 11.5 Å². The van der Waals surface area contributed by atoms with Crippen LogP contribution in [0.3, 0.4) is 0 Å². The van der Waals surface area contributed by atoms with E-state index in [9.17, 15) is 29.4 Å². The number of para-hydroxylation sites is 2. The molecule has 0 atom stereocenters. The predicted octanol–water partition coefficient (Wildman–Crippen LogP) is 4.83. The lowest BCUT2D eigenvalue weighted by Gasteiger charge is -2.48. The molecular formula is C34H46N2O8. The van der Waals surface area contributed by atoms with Crippen LogP contribution in [0.25, 0.3) is 0 Å². The summed E-state index contributed by atoms with van der Waals surface area (Å²) in [6.45, 7) is 6.18. The molecule has 0 radical (unpaired) electrons. The summed E-state index contributed by atoms with van der Waals surface area (Å²) in [5.74, 6) is -7.53. The minimum absolute atomic E-state index is 0.353. The lowest BCUT2D eigenvalue weighted by molar-refractivity contribution is -0.187. The molecule has 1 saturated carbocycles. The van der Waals surface area contributed by atoms with Crippen molar-refractivity contribution in [3.63, 3.8) is 0 Å². The van der Waals surface area contributed by atoms with E-state index in [4.69, 9.17) is 9.47 Å².